The first kappa shape index (κ1) is 13.7. The number of aromatic hydroxyl groups is 1. The quantitative estimate of drug-likeness (QED) is 0.652. The molecule has 0 saturated heterocycles. The van der Waals surface area contributed by atoms with Crippen LogP contribution in [0.4, 0.5) is 4.39 Å². The van der Waals surface area contributed by atoms with E-state index in [0.29, 0.717) is 0 Å². The molecule has 1 aromatic carbocycles. The number of halogens is 2. The van der Waals surface area contributed by atoms with Gasteiger partial charge >= 0.3 is 5.97 Å². The lowest BCUT2D eigenvalue weighted by Gasteiger charge is -2.18. The second-order valence-electron chi connectivity index (χ2n) is 3.44. The van der Waals surface area contributed by atoms with Gasteiger partial charge in [0.25, 0.3) is 0 Å². The Kier molecular flexibility index (Phi) is 4.28. The van der Waals surface area contributed by atoms with Crippen molar-refractivity contribution in [3.63, 3.8) is 0 Å². The molecule has 0 aliphatic heterocycles. The van der Waals surface area contributed by atoms with E-state index in [1.807, 2.05) is 0 Å². The molecule has 0 heterocycles. The maximum absolute atomic E-state index is 13.0. The first-order chi connectivity index (χ1) is 7.82. The average molecular weight is 265 g/mol. The van der Waals surface area contributed by atoms with E-state index in [0.717, 1.165) is 12.1 Å². The fourth-order valence-corrected chi connectivity index (χ4v) is 1.52. The van der Waals surface area contributed by atoms with Crippen molar-refractivity contribution in [2.24, 2.45) is 0 Å². The fourth-order valence-electron chi connectivity index (χ4n) is 1.31. The molecule has 0 aromatic heterocycles. The standard InChI is InChI=1S/C10H10ClFO5/c11-6-2-4(12)1-5(9(6)16)10(17)7(13)3-8(14)15/h1-2,7,10,13,16-17H,3H2,(H,14,15). The minimum absolute atomic E-state index is 0.332. The monoisotopic (exact) mass is 264 g/mol. The summed E-state index contributed by atoms with van der Waals surface area (Å²) < 4.78 is 13.0. The number of aliphatic hydroxyl groups is 2. The molecule has 0 aliphatic carbocycles. The molecule has 0 aliphatic rings. The van der Waals surface area contributed by atoms with E-state index in [9.17, 15) is 24.5 Å². The highest BCUT2D eigenvalue weighted by molar-refractivity contribution is 6.32. The summed E-state index contributed by atoms with van der Waals surface area (Å²) >= 11 is 5.47. The SMILES string of the molecule is O=C(O)CC(O)C(O)c1cc(F)cc(Cl)c1O. The number of phenolic OH excluding ortho intramolecular Hbond substituents is 1. The molecular weight excluding hydrogens is 255 g/mol. The normalized spacial score (nSPS) is 14.4. The minimum atomic E-state index is -1.74. The van der Waals surface area contributed by atoms with E-state index < -0.39 is 36.2 Å². The van der Waals surface area contributed by atoms with Crippen molar-refractivity contribution in [1.82, 2.24) is 0 Å². The van der Waals surface area contributed by atoms with Gasteiger partial charge in [-0.3, -0.25) is 4.79 Å². The van der Waals surface area contributed by atoms with Gasteiger partial charge in [-0.15, -0.1) is 0 Å². The molecule has 1 rings (SSSR count). The highest BCUT2D eigenvalue weighted by Crippen LogP contribution is 2.34. The first-order valence-corrected chi connectivity index (χ1v) is 4.96. The van der Waals surface area contributed by atoms with Gasteiger partial charge in [0.05, 0.1) is 17.5 Å². The van der Waals surface area contributed by atoms with Crippen molar-refractivity contribution in [3.8, 4) is 5.75 Å². The summed E-state index contributed by atoms with van der Waals surface area (Å²) in [5.74, 6) is -2.74. The highest BCUT2D eigenvalue weighted by Gasteiger charge is 2.25. The Labute approximate surface area is 101 Å². The zero-order chi connectivity index (χ0) is 13.2. The summed E-state index contributed by atoms with van der Waals surface area (Å²) in [4.78, 5) is 10.3. The largest absolute Gasteiger partial charge is 0.506 e. The van der Waals surface area contributed by atoms with Crippen LogP contribution < -0.4 is 0 Å². The molecule has 0 fully saturated rings. The summed E-state index contributed by atoms with van der Waals surface area (Å²) in [5.41, 5.74) is -0.358. The molecule has 94 valence electrons. The molecule has 1 aromatic rings. The Morgan fingerprint density at radius 1 is 1.41 bits per heavy atom. The third-order valence-electron chi connectivity index (χ3n) is 2.12. The number of hydrogen-bond donors (Lipinski definition) is 4. The van der Waals surface area contributed by atoms with Crippen molar-refractivity contribution in [1.29, 1.82) is 0 Å². The lowest BCUT2D eigenvalue weighted by Crippen LogP contribution is -2.22. The smallest absolute Gasteiger partial charge is 0.306 e. The molecule has 2 atom stereocenters. The zero-order valence-corrected chi connectivity index (χ0v) is 9.23. The number of benzene rings is 1. The fraction of sp³-hybridized carbons (Fsp3) is 0.300. The maximum atomic E-state index is 13.0. The molecule has 0 amide bonds. The Balaban J connectivity index is 3.03. The lowest BCUT2D eigenvalue weighted by atomic mass is 10.0. The molecule has 4 N–H and O–H groups in total. The van der Waals surface area contributed by atoms with Crippen LogP contribution in [0.3, 0.4) is 0 Å². The van der Waals surface area contributed by atoms with Crippen LogP contribution in [0.15, 0.2) is 12.1 Å². The zero-order valence-electron chi connectivity index (χ0n) is 8.47. The van der Waals surface area contributed by atoms with Crippen molar-refractivity contribution in [2.45, 2.75) is 18.6 Å². The number of rotatable bonds is 4. The topological polar surface area (TPSA) is 98.0 Å². The molecule has 0 radical (unpaired) electrons. The van der Waals surface area contributed by atoms with Crippen molar-refractivity contribution < 1.29 is 29.6 Å². The van der Waals surface area contributed by atoms with E-state index in [1.54, 1.807) is 0 Å². The number of hydrogen-bond acceptors (Lipinski definition) is 4. The van der Waals surface area contributed by atoms with E-state index >= 15 is 0 Å². The molecule has 0 saturated carbocycles. The molecule has 7 heteroatoms. The van der Waals surface area contributed by atoms with Crippen molar-refractivity contribution in [3.05, 3.63) is 28.5 Å². The van der Waals surface area contributed by atoms with Crippen LogP contribution in [-0.2, 0) is 4.79 Å². The van der Waals surface area contributed by atoms with Gasteiger partial charge in [0.2, 0.25) is 0 Å². The van der Waals surface area contributed by atoms with Crippen molar-refractivity contribution >= 4 is 17.6 Å². The van der Waals surface area contributed by atoms with Crippen molar-refractivity contribution in [2.75, 3.05) is 0 Å². The third-order valence-corrected chi connectivity index (χ3v) is 2.41. The Morgan fingerprint density at radius 2 is 2.00 bits per heavy atom. The van der Waals surface area contributed by atoms with E-state index in [4.69, 9.17) is 16.7 Å². The Hall–Kier alpha value is -1.37. The molecule has 0 spiro atoms. The second kappa shape index (κ2) is 5.31. The molecule has 0 bridgehead atoms. The highest BCUT2D eigenvalue weighted by atomic mass is 35.5. The number of carboxylic acid groups (broad SMARTS) is 1. The summed E-state index contributed by atoms with van der Waals surface area (Å²) in [6.45, 7) is 0. The van der Waals surface area contributed by atoms with Gasteiger partial charge in [0, 0.05) is 5.56 Å². The van der Waals surface area contributed by atoms with E-state index in [2.05, 4.69) is 0 Å². The summed E-state index contributed by atoms with van der Waals surface area (Å²) in [6, 6.07) is 1.60. The van der Waals surface area contributed by atoms with Gasteiger partial charge in [-0.05, 0) is 12.1 Å². The van der Waals surface area contributed by atoms with Gasteiger partial charge in [0.15, 0.2) is 0 Å². The first-order valence-electron chi connectivity index (χ1n) is 4.58. The van der Waals surface area contributed by atoms with Gasteiger partial charge < -0.3 is 20.4 Å². The number of carbonyl (C=O) groups is 1. The summed E-state index contributed by atoms with van der Waals surface area (Å²) in [6.07, 6.45) is -4.15. The number of phenols is 1. The predicted molar refractivity (Wildman–Crippen MR) is 56.3 cm³/mol. The maximum Gasteiger partial charge on any atom is 0.306 e. The number of carboxylic acids is 1. The van der Waals surface area contributed by atoms with Crippen LogP contribution in [-0.4, -0.2) is 32.5 Å². The van der Waals surface area contributed by atoms with Gasteiger partial charge in [-0.25, -0.2) is 4.39 Å². The van der Waals surface area contributed by atoms with Crippen LogP contribution >= 0.6 is 11.6 Å². The number of aliphatic carboxylic acids is 1. The lowest BCUT2D eigenvalue weighted by molar-refractivity contribution is -0.141. The second-order valence-corrected chi connectivity index (χ2v) is 3.84. The Morgan fingerprint density at radius 3 is 2.53 bits per heavy atom. The van der Waals surface area contributed by atoms with Gasteiger partial charge in [-0.1, -0.05) is 11.6 Å². The van der Waals surface area contributed by atoms with Gasteiger partial charge in [0.1, 0.15) is 17.7 Å². The molecule has 17 heavy (non-hydrogen) atoms. The van der Waals surface area contributed by atoms with E-state index in [1.165, 1.54) is 0 Å². The predicted octanol–water partition coefficient (Wildman–Crippen LogP) is 1.05. The van der Waals surface area contributed by atoms with E-state index in [-0.39, 0.29) is 10.6 Å². The number of aliphatic hydroxyl groups excluding tert-OH is 2. The molecule has 5 nitrogen and oxygen atoms in total. The van der Waals surface area contributed by atoms with Crippen LogP contribution in [0.2, 0.25) is 5.02 Å². The molecular formula is C10H10ClFO5. The Bertz CT molecular complexity index is 437. The summed E-state index contributed by atoms with van der Waals surface area (Å²) in [5, 5.41) is 36.5. The van der Waals surface area contributed by atoms with Crippen LogP contribution in [0.5, 0.6) is 5.75 Å². The van der Waals surface area contributed by atoms with Gasteiger partial charge in [-0.2, -0.15) is 0 Å². The average Bonchev–Trinajstić information content (AvgIpc) is 2.21. The molecule has 2 unspecified atom stereocenters. The van der Waals surface area contributed by atoms with Crippen LogP contribution in [0, 0.1) is 5.82 Å². The third kappa shape index (κ3) is 3.29. The minimum Gasteiger partial charge on any atom is -0.506 e. The van der Waals surface area contributed by atoms with Crippen LogP contribution in [0.1, 0.15) is 18.1 Å². The summed E-state index contributed by atoms with van der Waals surface area (Å²) in [7, 11) is 0. The van der Waals surface area contributed by atoms with Crippen LogP contribution in [0.25, 0.3) is 0 Å².